The minimum absolute atomic E-state index is 0.398. The average molecular weight is 266 g/mol. The number of nitrogens with zero attached hydrogens (tertiary/aromatic N) is 1. The average Bonchev–Trinajstić information content (AvgIpc) is 2.69. The molecular weight excluding hydrogens is 244 g/mol. The molecule has 0 fully saturated rings. The zero-order valence-electron chi connectivity index (χ0n) is 12.0. The van der Waals surface area contributed by atoms with E-state index in [9.17, 15) is 0 Å². The molecule has 0 spiro atoms. The molecule has 1 aliphatic heterocycles. The zero-order chi connectivity index (χ0) is 13.8. The van der Waals surface area contributed by atoms with E-state index in [0.717, 1.165) is 19.6 Å². The molecule has 1 unspecified atom stereocenters. The van der Waals surface area contributed by atoms with Gasteiger partial charge in [-0.2, -0.15) is 0 Å². The molecule has 1 atom stereocenters. The van der Waals surface area contributed by atoms with E-state index in [1.807, 2.05) is 0 Å². The smallest absolute Gasteiger partial charge is 0.0500 e. The van der Waals surface area contributed by atoms with Crippen molar-refractivity contribution in [3.63, 3.8) is 0 Å². The molecule has 0 aromatic heterocycles. The summed E-state index contributed by atoms with van der Waals surface area (Å²) < 4.78 is 0. The van der Waals surface area contributed by atoms with Gasteiger partial charge in [-0.3, -0.25) is 0 Å². The van der Waals surface area contributed by atoms with Gasteiger partial charge in [0.05, 0.1) is 6.04 Å². The van der Waals surface area contributed by atoms with Crippen LogP contribution in [0.4, 0.5) is 5.69 Å². The molecule has 1 heterocycles. The fraction of sp³-hybridized carbons (Fsp3) is 0.333. The molecule has 2 nitrogen and oxygen atoms in total. The summed E-state index contributed by atoms with van der Waals surface area (Å²) in [5.41, 5.74) is 4.17. The Morgan fingerprint density at radius 3 is 2.60 bits per heavy atom. The third-order valence-electron chi connectivity index (χ3n) is 3.97. The topological polar surface area (TPSA) is 15.3 Å². The minimum atomic E-state index is 0.398. The number of hydrogen-bond donors (Lipinski definition) is 1. The van der Waals surface area contributed by atoms with Crippen LogP contribution in [-0.2, 0) is 6.54 Å². The summed E-state index contributed by atoms with van der Waals surface area (Å²) >= 11 is 0. The van der Waals surface area contributed by atoms with E-state index in [2.05, 4.69) is 71.7 Å². The van der Waals surface area contributed by atoms with Gasteiger partial charge in [0, 0.05) is 25.3 Å². The Morgan fingerprint density at radius 1 is 1.05 bits per heavy atom. The van der Waals surface area contributed by atoms with E-state index in [1.54, 1.807) is 0 Å². The summed E-state index contributed by atoms with van der Waals surface area (Å²) in [6, 6.07) is 19.9. The van der Waals surface area contributed by atoms with Crippen LogP contribution < -0.4 is 10.2 Å². The number of anilines is 1. The molecule has 2 heteroatoms. The van der Waals surface area contributed by atoms with Crippen molar-refractivity contribution in [1.29, 1.82) is 0 Å². The van der Waals surface area contributed by atoms with Crippen molar-refractivity contribution in [1.82, 2.24) is 5.32 Å². The largest absolute Gasteiger partial charge is 0.369 e. The van der Waals surface area contributed by atoms with E-state index < -0.39 is 0 Å². The van der Waals surface area contributed by atoms with Crippen molar-refractivity contribution < 1.29 is 0 Å². The van der Waals surface area contributed by atoms with Crippen LogP contribution >= 0.6 is 0 Å². The number of benzene rings is 2. The van der Waals surface area contributed by atoms with Crippen molar-refractivity contribution in [2.24, 2.45) is 0 Å². The first-order valence-corrected chi connectivity index (χ1v) is 7.49. The molecule has 104 valence electrons. The second kappa shape index (κ2) is 6.10. The maximum Gasteiger partial charge on any atom is 0.0500 e. The second-order valence-electron chi connectivity index (χ2n) is 5.42. The van der Waals surface area contributed by atoms with Gasteiger partial charge in [0.25, 0.3) is 0 Å². The predicted octanol–water partition coefficient (Wildman–Crippen LogP) is 3.75. The van der Waals surface area contributed by atoms with Gasteiger partial charge < -0.3 is 10.2 Å². The Balaban J connectivity index is 1.90. The van der Waals surface area contributed by atoms with Gasteiger partial charge in [-0.05, 0) is 23.6 Å². The van der Waals surface area contributed by atoms with Crippen molar-refractivity contribution in [3.8, 4) is 0 Å². The molecule has 1 N–H and O–H groups in total. The van der Waals surface area contributed by atoms with Crippen LogP contribution in [0.25, 0.3) is 0 Å². The number of para-hydroxylation sites is 1. The van der Waals surface area contributed by atoms with Crippen LogP contribution in [0, 0.1) is 0 Å². The van der Waals surface area contributed by atoms with Crippen molar-refractivity contribution in [3.05, 3.63) is 65.7 Å². The molecule has 0 radical (unpaired) electrons. The summed E-state index contributed by atoms with van der Waals surface area (Å²) in [6.07, 6.45) is 1.18. The number of nitrogens with one attached hydrogen (secondary N) is 1. The molecule has 3 rings (SSSR count). The van der Waals surface area contributed by atoms with Crippen molar-refractivity contribution in [2.45, 2.75) is 25.9 Å². The van der Waals surface area contributed by atoms with Gasteiger partial charge in [0.15, 0.2) is 0 Å². The third-order valence-corrected chi connectivity index (χ3v) is 3.97. The van der Waals surface area contributed by atoms with Gasteiger partial charge in [-0.25, -0.2) is 0 Å². The van der Waals surface area contributed by atoms with Gasteiger partial charge in [0.1, 0.15) is 0 Å². The van der Waals surface area contributed by atoms with Crippen LogP contribution in [0.2, 0.25) is 0 Å². The molecule has 2 aromatic carbocycles. The van der Waals surface area contributed by atoms with Crippen molar-refractivity contribution in [2.75, 3.05) is 18.0 Å². The highest BCUT2D eigenvalue weighted by Gasteiger charge is 2.21. The highest BCUT2D eigenvalue weighted by atomic mass is 15.2. The first-order valence-electron chi connectivity index (χ1n) is 7.49. The van der Waals surface area contributed by atoms with E-state index in [-0.39, 0.29) is 0 Å². The normalized spacial score (nSPS) is 18.4. The van der Waals surface area contributed by atoms with E-state index >= 15 is 0 Å². The number of rotatable bonds is 3. The maximum absolute atomic E-state index is 3.70. The zero-order valence-corrected chi connectivity index (χ0v) is 12.0. The summed E-state index contributed by atoms with van der Waals surface area (Å²) in [6.45, 7) is 5.34. The first kappa shape index (κ1) is 13.2. The van der Waals surface area contributed by atoms with E-state index in [4.69, 9.17) is 0 Å². The van der Waals surface area contributed by atoms with Gasteiger partial charge in [-0.1, -0.05) is 55.5 Å². The minimum Gasteiger partial charge on any atom is -0.369 e. The Morgan fingerprint density at radius 2 is 1.80 bits per heavy atom. The fourth-order valence-electron chi connectivity index (χ4n) is 2.98. The summed E-state index contributed by atoms with van der Waals surface area (Å²) in [5, 5.41) is 3.70. The first-order chi connectivity index (χ1) is 9.88. The SMILES string of the molecule is CCCN1CC(c2ccccc2)NCc2ccccc21. The van der Waals surface area contributed by atoms with Crippen LogP contribution in [0.1, 0.15) is 30.5 Å². The number of fused-ring (bicyclic) bond motifs is 1. The lowest BCUT2D eigenvalue weighted by Crippen LogP contribution is -2.32. The Kier molecular flexibility index (Phi) is 4.03. The van der Waals surface area contributed by atoms with Crippen molar-refractivity contribution >= 4 is 5.69 Å². The molecule has 2 aromatic rings. The van der Waals surface area contributed by atoms with Crippen LogP contribution in [0.3, 0.4) is 0 Å². The molecule has 0 aliphatic carbocycles. The Labute approximate surface area is 121 Å². The maximum atomic E-state index is 3.70. The highest BCUT2D eigenvalue weighted by molar-refractivity contribution is 5.55. The number of hydrogen-bond acceptors (Lipinski definition) is 2. The third kappa shape index (κ3) is 2.70. The summed E-state index contributed by atoms with van der Waals surface area (Å²) in [4.78, 5) is 2.52. The van der Waals surface area contributed by atoms with E-state index in [1.165, 1.54) is 23.2 Å². The summed E-state index contributed by atoms with van der Waals surface area (Å²) in [5.74, 6) is 0. The molecule has 0 bridgehead atoms. The lowest BCUT2D eigenvalue weighted by atomic mass is 10.1. The standard InChI is InChI=1S/C18H22N2/c1-2-12-20-14-17(15-8-4-3-5-9-15)19-13-16-10-6-7-11-18(16)20/h3-11,17,19H,2,12-14H2,1H3. The summed E-state index contributed by atoms with van der Waals surface area (Å²) in [7, 11) is 0. The molecule has 0 saturated heterocycles. The molecular formula is C18H22N2. The van der Waals surface area contributed by atoms with Crippen LogP contribution in [-0.4, -0.2) is 13.1 Å². The van der Waals surface area contributed by atoms with Crippen LogP contribution in [0.15, 0.2) is 54.6 Å². The quantitative estimate of drug-likeness (QED) is 0.910. The molecule has 0 saturated carbocycles. The predicted molar refractivity (Wildman–Crippen MR) is 85.0 cm³/mol. The second-order valence-corrected chi connectivity index (χ2v) is 5.42. The van der Waals surface area contributed by atoms with Crippen LogP contribution in [0.5, 0.6) is 0 Å². The lowest BCUT2D eigenvalue weighted by Gasteiger charge is -2.27. The Bertz CT molecular complexity index is 550. The highest BCUT2D eigenvalue weighted by Crippen LogP contribution is 2.27. The fourth-order valence-corrected chi connectivity index (χ4v) is 2.98. The van der Waals surface area contributed by atoms with Gasteiger partial charge >= 0.3 is 0 Å². The molecule has 1 aliphatic rings. The monoisotopic (exact) mass is 266 g/mol. The Hall–Kier alpha value is -1.80. The van der Waals surface area contributed by atoms with E-state index in [0.29, 0.717) is 6.04 Å². The lowest BCUT2D eigenvalue weighted by molar-refractivity contribution is 0.537. The molecule has 0 amide bonds. The molecule has 20 heavy (non-hydrogen) atoms. The van der Waals surface area contributed by atoms with Gasteiger partial charge in [0.2, 0.25) is 0 Å². The van der Waals surface area contributed by atoms with Gasteiger partial charge in [-0.15, -0.1) is 0 Å².